The third kappa shape index (κ3) is 5.90. The van der Waals surface area contributed by atoms with Gasteiger partial charge in [0.05, 0.1) is 6.26 Å². The van der Waals surface area contributed by atoms with E-state index in [4.69, 9.17) is 4.74 Å². The Morgan fingerprint density at radius 3 is 2.74 bits per heavy atom. The molecule has 9 nitrogen and oxygen atoms in total. The number of piperazine rings is 1. The molecule has 1 aliphatic carbocycles. The van der Waals surface area contributed by atoms with Crippen LogP contribution in [0.1, 0.15) is 28.9 Å². The largest absolute Gasteiger partial charge is 0.443 e. The van der Waals surface area contributed by atoms with Crippen LogP contribution < -0.4 is 10.1 Å². The highest BCUT2D eigenvalue weighted by molar-refractivity contribution is 7.88. The van der Waals surface area contributed by atoms with Gasteiger partial charge in [0.2, 0.25) is 21.9 Å². The van der Waals surface area contributed by atoms with Gasteiger partial charge < -0.3 is 15.0 Å². The molecule has 1 aromatic carbocycles. The molecule has 2 aromatic heterocycles. The Bertz CT molecular complexity index is 1340. The van der Waals surface area contributed by atoms with E-state index in [9.17, 15) is 8.42 Å². The van der Waals surface area contributed by atoms with Crippen LogP contribution in [-0.2, 0) is 23.0 Å². The molecule has 3 heterocycles. The van der Waals surface area contributed by atoms with E-state index < -0.39 is 10.0 Å². The smallest absolute Gasteiger partial charge is 0.230 e. The number of aromatic amines is 1. The Morgan fingerprint density at radius 1 is 1.11 bits per heavy atom. The minimum Gasteiger partial charge on any atom is -0.443 e. The standard InChI is InChI=1S/C25H30N6O3S/c1-18-14-20-16-22(6-7-23(20)27-18)34-24-8-9-26-25(29-24)28-21-5-3-4-19(15-21)17-30-10-12-31(13-11-30)35(2,32)33/h3-5,8-9,14-16,27H,6-7,10-13,17H2,1-2H3,(H,26,28,29). The van der Waals surface area contributed by atoms with Crippen molar-refractivity contribution in [2.24, 2.45) is 0 Å². The Hall–Kier alpha value is -3.21. The number of allylic oxidation sites excluding steroid dienone is 1. The van der Waals surface area contributed by atoms with Crippen LogP contribution in [-0.4, -0.2) is 65.0 Å². The van der Waals surface area contributed by atoms with Gasteiger partial charge in [-0.15, -0.1) is 0 Å². The summed E-state index contributed by atoms with van der Waals surface area (Å²) in [5.74, 6) is 1.86. The second kappa shape index (κ2) is 9.80. The lowest BCUT2D eigenvalue weighted by Crippen LogP contribution is -2.47. The summed E-state index contributed by atoms with van der Waals surface area (Å²) in [5.41, 5.74) is 5.60. The van der Waals surface area contributed by atoms with Crippen LogP contribution in [0.25, 0.3) is 6.08 Å². The molecule has 2 N–H and O–H groups in total. The molecule has 0 spiro atoms. The van der Waals surface area contributed by atoms with Crippen molar-refractivity contribution >= 4 is 27.7 Å². The number of aryl methyl sites for hydroxylation is 2. The molecule has 10 heteroatoms. The molecule has 184 valence electrons. The minimum absolute atomic E-state index is 0.469. The van der Waals surface area contributed by atoms with Crippen molar-refractivity contribution in [3.05, 3.63) is 70.9 Å². The number of rotatable bonds is 7. The molecule has 3 aromatic rings. The summed E-state index contributed by atoms with van der Waals surface area (Å²) in [6.07, 6.45) is 6.76. The summed E-state index contributed by atoms with van der Waals surface area (Å²) in [4.78, 5) is 14.5. The van der Waals surface area contributed by atoms with Gasteiger partial charge in [0.1, 0.15) is 5.76 Å². The third-order valence-corrected chi connectivity index (χ3v) is 7.56. The number of nitrogens with zero attached hydrogens (tertiary/aromatic N) is 4. The van der Waals surface area contributed by atoms with Gasteiger partial charge >= 0.3 is 0 Å². The minimum atomic E-state index is -3.12. The average Bonchev–Trinajstić information content (AvgIpc) is 3.19. The van der Waals surface area contributed by atoms with E-state index in [1.807, 2.05) is 12.1 Å². The molecule has 1 fully saturated rings. The molecular formula is C25H30N6O3S. The lowest BCUT2D eigenvalue weighted by molar-refractivity contribution is 0.182. The molecule has 2 aliphatic rings. The van der Waals surface area contributed by atoms with Crippen molar-refractivity contribution in [1.29, 1.82) is 0 Å². The summed E-state index contributed by atoms with van der Waals surface area (Å²) >= 11 is 0. The number of ether oxygens (including phenoxy) is 1. The Balaban J connectivity index is 1.21. The van der Waals surface area contributed by atoms with Gasteiger partial charge in [-0.2, -0.15) is 9.29 Å². The normalized spacial score (nSPS) is 17.0. The molecule has 1 saturated heterocycles. The highest BCUT2D eigenvalue weighted by Gasteiger charge is 2.23. The summed E-state index contributed by atoms with van der Waals surface area (Å²) in [6, 6.07) is 12.0. The number of aromatic nitrogens is 3. The third-order valence-electron chi connectivity index (χ3n) is 6.26. The van der Waals surface area contributed by atoms with Gasteiger partial charge in [-0.25, -0.2) is 13.4 Å². The predicted molar refractivity (Wildman–Crippen MR) is 136 cm³/mol. The first-order chi connectivity index (χ1) is 16.8. The number of fused-ring (bicyclic) bond motifs is 1. The first-order valence-corrected chi connectivity index (χ1v) is 13.6. The summed E-state index contributed by atoms with van der Waals surface area (Å²) < 4.78 is 31.1. The van der Waals surface area contributed by atoms with E-state index in [0.717, 1.165) is 42.1 Å². The van der Waals surface area contributed by atoms with Crippen LogP contribution in [0.3, 0.4) is 0 Å². The van der Waals surface area contributed by atoms with Crippen molar-refractivity contribution in [3.8, 4) is 5.88 Å². The fourth-order valence-corrected chi connectivity index (χ4v) is 5.35. The van der Waals surface area contributed by atoms with Crippen LogP contribution in [0, 0.1) is 6.92 Å². The maximum absolute atomic E-state index is 11.7. The molecule has 0 radical (unpaired) electrons. The van der Waals surface area contributed by atoms with E-state index in [1.54, 1.807) is 12.3 Å². The second-order valence-electron chi connectivity index (χ2n) is 9.08. The molecule has 35 heavy (non-hydrogen) atoms. The molecule has 0 bridgehead atoms. The second-order valence-corrected chi connectivity index (χ2v) is 11.1. The number of sulfonamides is 1. The van der Waals surface area contributed by atoms with Gasteiger partial charge in [0.25, 0.3) is 0 Å². The summed E-state index contributed by atoms with van der Waals surface area (Å²) in [7, 11) is -3.12. The summed E-state index contributed by atoms with van der Waals surface area (Å²) in [6.45, 7) is 5.30. The van der Waals surface area contributed by atoms with Gasteiger partial charge in [-0.1, -0.05) is 12.1 Å². The number of hydrogen-bond donors (Lipinski definition) is 2. The Morgan fingerprint density at radius 2 is 1.94 bits per heavy atom. The molecular weight excluding hydrogens is 464 g/mol. The molecule has 0 amide bonds. The first-order valence-electron chi connectivity index (χ1n) is 11.8. The SMILES string of the molecule is Cc1cc2c([nH]1)CCC(Oc1ccnc(Nc3cccc(CN4CCN(S(C)(=O)=O)CC4)c3)n1)=C2. The van der Waals surface area contributed by atoms with Crippen LogP contribution in [0.4, 0.5) is 11.6 Å². The number of nitrogens with one attached hydrogen (secondary N) is 2. The van der Waals surface area contributed by atoms with E-state index >= 15 is 0 Å². The highest BCUT2D eigenvalue weighted by atomic mass is 32.2. The van der Waals surface area contributed by atoms with E-state index in [0.29, 0.717) is 38.0 Å². The fraction of sp³-hybridized carbons (Fsp3) is 0.360. The fourth-order valence-electron chi connectivity index (χ4n) is 4.52. The Kier molecular flexibility index (Phi) is 6.59. The number of benzene rings is 1. The molecule has 0 unspecified atom stereocenters. The van der Waals surface area contributed by atoms with E-state index in [-0.39, 0.29) is 0 Å². The lowest BCUT2D eigenvalue weighted by atomic mass is 10.0. The number of hydrogen-bond acceptors (Lipinski definition) is 7. The van der Waals surface area contributed by atoms with Gasteiger partial charge in [0.15, 0.2) is 0 Å². The highest BCUT2D eigenvalue weighted by Crippen LogP contribution is 2.26. The van der Waals surface area contributed by atoms with Gasteiger partial charge in [-0.05, 0) is 48.7 Å². The maximum Gasteiger partial charge on any atom is 0.230 e. The van der Waals surface area contributed by atoms with Crippen LogP contribution in [0.5, 0.6) is 5.88 Å². The maximum atomic E-state index is 11.7. The van der Waals surface area contributed by atoms with E-state index in [2.05, 4.69) is 56.4 Å². The molecule has 0 saturated carbocycles. The molecule has 0 atom stereocenters. The van der Waals surface area contributed by atoms with Crippen LogP contribution in [0.15, 0.2) is 48.4 Å². The van der Waals surface area contributed by atoms with Crippen molar-refractivity contribution in [3.63, 3.8) is 0 Å². The van der Waals surface area contributed by atoms with Crippen LogP contribution in [0.2, 0.25) is 0 Å². The number of anilines is 2. The Labute approximate surface area is 205 Å². The predicted octanol–water partition coefficient (Wildman–Crippen LogP) is 3.30. The van der Waals surface area contributed by atoms with Crippen molar-refractivity contribution in [1.82, 2.24) is 24.2 Å². The summed E-state index contributed by atoms with van der Waals surface area (Å²) in [5, 5.41) is 3.27. The lowest BCUT2D eigenvalue weighted by Gasteiger charge is -2.33. The zero-order valence-electron chi connectivity index (χ0n) is 20.0. The van der Waals surface area contributed by atoms with Crippen molar-refractivity contribution in [2.75, 3.05) is 37.8 Å². The average molecular weight is 495 g/mol. The van der Waals surface area contributed by atoms with Crippen molar-refractivity contribution in [2.45, 2.75) is 26.3 Å². The molecule has 5 rings (SSSR count). The zero-order chi connectivity index (χ0) is 24.4. The van der Waals surface area contributed by atoms with E-state index in [1.165, 1.54) is 21.8 Å². The molecule has 1 aliphatic heterocycles. The van der Waals surface area contributed by atoms with Crippen LogP contribution >= 0.6 is 0 Å². The topological polar surface area (TPSA) is 103 Å². The van der Waals surface area contributed by atoms with Gasteiger partial charge in [0, 0.05) is 68.5 Å². The zero-order valence-corrected chi connectivity index (χ0v) is 20.8. The first kappa shape index (κ1) is 23.5. The monoisotopic (exact) mass is 494 g/mol. The van der Waals surface area contributed by atoms with Gasteiger partial charge in [-0.3, -0.25) is 4.90 Å². The number of H-pyrrole nitrogens is 1. The quantitative estimate of drug-likeness (QED) is 0.519. The van der Waals surface area contributed by atoms with Crippen molar-refractivity contribution < 1.29 is 13.2 Å².